The second kappa shape index (κ2) is 7.12. The number of Topliss-reactive ketones (excluding diaryl/α,β-unsaturated/α-hetero) is 1. The summed E-state index contributed by atoms with van der Waals surface area (Å²) < 4.78 is 13.6. The first-order valence-electron chi connectivity index (χ1n) is 7.88. The van der Waals surface area contributed by atoms with Crippen molar-refractivity contribution in [3.63, 3.8) is 0 Å². The molecule has 0 radical (unpaired) electrons. The Morgan fingerprint density at radius 2 is 1.62 bits per heavy atom. The summed E-state index contributed by atoms with van der Waals surface area (Å²) in [6.07, 6.45) is 11.7. The fraction of sp³-hybridized carbons (Fsp3) is 0.278. The lowest BCUT2D eigenvalue weighted by Crippen LogP contribution is -2.24. The van der Waals surface area contributed by atoms with Gasteiger partial charge in [0.05, 0.1) is 14.1 Å². The lowest BCUT2D eigenvalue weighted by Gasteiger charge is -2.05. The van der Waals surface area contributed by atoms with Gasteiger partial charge >= 0.3 is 0 Å². The number of carbonyl (C=O) groups excluding carboxylic acids is 1. The van der Waals surface area contributed by atoms with Crippen molar-refractivity contribution in [3.05, 3.63) is 67.3 Å². The topological polar surface area (TPSA) is 43.9 Å². The summed E-state index contributed by atoms with van der Waals surface area (Å²) in [5.41, 5.74) is 0.691. The van der Waals surface area contributed by atoms with Crippen LogP contribution in [0.4, 0.5) is 0 Å². The van der Waals surface area contributed by atoms with E-state index in [2.05, 4.69) is 4.57 Å². The highest BCUT2D eigenvalue weighted by atomic mass is 16.5. The summed E-state index contributed by atoms with van der Waals surface area (Å²) in [5, 5.41) is 0. The van der Waals surface area contributed by atoms with Gasteiger partial charge in [-0.15, -0.1) is 0 Å². The number of imidazole rings is 2. The number of aromatic nitrogens is 4. The van der Waals surface area contributed by atoms with Crippen LogP contribution < -0.4 is 13.9 Å². The van der Waals surface area contributed by atoms with Gasteiger partial charge in [-0.3, -0.25) is 4.79 Å². The number of benzene rings is 1. The molecule has 0 N–H and O–H groups in total. The molecule has 0 atom stereocenters. The summed E-state index contributed by atoms with van der Waals surface area (Å²) in [7, 11) is 3.92. The van der Waals surface area contributed by atoms with Gasteiger partial charge in [-0.05, 0) is 24.3 Å². The van der Waals surface area contributed by atoms with Crippen LogP contribution in [0, 0.1) is 0 Å². The molecule has 0 saturated heterocycles. The molecule has 2 heterocycles. The third-order valence-corrected chi connectivity index (χ3v) is 3.77. The number of carbonyl (C=O) groups is 1. The monoisotopic (exact) mass is 326 g/mol. The number of aryl methyl sites for hydroxylation is 2. The molecule has 3 aromatic rings. The Balaban J connectivity index is 1.51. The molecule has 124 valence electrons. The summed E-state index contributed by atoms with van der Waals surface area (Å²) in [5.74, 6) is 0.855. The Labute approximate surface area is 141 Å². The minimum atomic E-state index is 0.0811. The molecule has 0 bridgehead atoms. The molecule has 6 nitrogen and oxygen atoms in total. The summed E-state index contributed by atoms with van der Waals surface area (Å²) in [6.45, 7) is 1.71. The predicted molar refractivity (Wildman–Crippen MR) is 87.5 cm³/mol. The van der Waals surface area contributed by atoms with Gasteiger partial charge in [-0.2, -0.15) is 0 Å². The van der Waals surface area contributed by atoms with Crippen molar-refractivity contribution in [1.29, 1.82) is 0 Å². The number of hydrogen-bond acceptors (Lipinski definition) is 2. The molecular formula is C18H22N4O2+2. The van der Waals surface area contributed by atoms with Gasteiger partial charge in [-0.1, -0.05) is 0 Å². The van der Waals surface area contributed by atoms with Crippen molar-refractivity contribution in [1.82, 2.24) is 9.13 Å². The number of hydrogen-bond donors (Lipinski definition) is 0. The fourth-order valence-corrected chi connectivity index (χ4v) is 2.49. The number of ether oxygens (including phenoxy) is 1. The maximum Gasteiger partial charge on any atom is 0.243 e. The molecule has 3 rings (SSSR count). The van der Waals surface area contributed by atoms with E-state index < -0.39 is 0 Å². The molecule has 0 saturated carbocycles. The molecular weight excluding hydrogens is 304 g/mol. The van der Waals surface area contributed by atoms with Crippen LogP contribution in [0.3, 0.4) is 0 Å². The van der Waals surface area contributed by atoms with E-state index in [4.69, 9.17) is 4.74 Å². The lowest BCUT2D eigenvalue weighted by atomic mass is 10.1. The van der Waals surface area contributed by atoms with Gasteiger partial charge in [0.2, 0.25) is 18.4 Å². The van der Waals surface area contributed by atoms with Crippen molar-refractivity contribution < 1.29 is 18.7 Å². The molecule has 0 unspecified atom stereocenters. The predicted octanol–water partition coefficient (Wildman–Crippen LogP) is 0.900. The van der Waals surface area contributed by atoms with Gasteiger partial charge < -0.3 is 4.74 Å². The average Bonchev–Trinajstić information content (AvgIpc) is 3.16. The Morgan fingerprint density at radius 3 is 2.21 bits per heavy atom. The zero-order chi connectivity index (χ0) is 16.9. The molecule has 0 spiro atoms. The van der Waals surface area contributed by atoms with Crippen molar-refractivity contribution >= 4 is 5.78 Å². The minimum Gasteiger partial charge on any atom is -0.489 e. The summed E-state index contributed by atoms with van der Waals surface area (Å²) in [6, 6.07) is 7.32. The molecule has 0 aliphatic carbocycles. The van der Waals surface area contributed by atoms with E-state index in [1.807, 2.05) is 89.5 Å². The van der Waals surface area contributed by atoms with E-state index in [0.29, 0.717) is 18.7 Å². The van der Waals surface area contributed by atoms with Crippen molar-refractivity contribution in [2.75, 3.05) is 6.61 Å². The largest absolute Gasteiger partial charge is 0.489 e. The van der Waals surface area contributed by atoms with Crippen molar-refractivity contribution in [2.24, 2.45) is 14.1 Å². The smallest absolute Gasteiger partial charge is 0.243 e. The molecule has 6 heteroatoms. The second-order valence-corrected chi connectivity index (χ2v) is 5.86. The third-order valence-electron chi connectivity index (χ3n) is 3.77. The Hall–Kier alpha value is -2.89. The first-order chi connectivity index (χ1) is 11.6. The van der Waals surface area contributed by atoms with Gasteiger partial charge in [-0.25, -0.2) is 18.3 Å². The molecule has 2 aromatic heterocycles. The Bertz CT molecular complexity index is 818. The van der Waals surface area contributed by atoms with E-state index >= 15 is 0 Å². The van der Waals surface area contributed by atoms with Crippen LogP contribution in [0.25, 0.3) is 0 Å². The maximum atomic E-state index is 12.3. The van der Waals surface area contributed by atoms with Gasteiger partial charge in [0.1, 0.15) is 43.7 Å². The van der Waals surface area contributed by atoms with Gasteiger partial charge in [0.15, 0.2) is 6.54 Å². The molecule has 1 aromatic carbocycles. The van der Waals surface area contributed by atoms with Crippen LogP contribution >= 0.6 is 0 Å². The highest BCUT2D eigenvalue weighted by Crippen LogP contribution is 2.13. The molecule has 0 fully saturated rings. The first kappa shape index (κ1) is 16.0. The summed E-state index contributed by atoms with van der Waals surface area (Å²) >= 11 is 0. The van der Waals surface area contributed by atoms with Crippen molar-refractivity contribution in [2.45, 2.75) is 13.1 Å². The molecule has 0 aliphatic heterocycles. The Morgan fingerprint density at radius 1 is 1.00 bits per heavy atom. The van der Waals surface area contributed by atoms with E-state index in [9.17, 15) is 4.79 Å². The van der Waals surface area contributed by atoms with E-state index in [0.717, 1.165) is 12.3 Å². The number of ketones is 1. The molecule has 0 aliphatic rings. The van der Waals surface area contributed by atoms with Crippen LogP contribution in [-0.4, -0.2) is 21.5 Å². The van der Waals surface area contributed by atoms with Crippen LogP contribution in [0.2, 0.25) is 0 Å². The zero-order valence-corrected chi connectivity index (χ0v) is 14.0. The van der Waals surface area contributed by atoms with Crippen LogP contribution in [0.15, 0.2) is 61.7 Å². The zero-order valence-electron chi connectivity index (χ0n) is 14.0. The van der Waals surface area contributed by atoms with E-state index in [1.54, 1.807) is 0 Å². The average molecular weight is 326 g/mol. The maximum absolute atomic E-state index is 12.3. The fourth-order valence-electron chi connectivity index (χ4n) is 2.49. The standard InChI is InChI=1S/C18H22N4O2/c1-19-7-9-21(14-19)11-12-24-17-5-3-16(4-6-17)18(23)13-22-10-8-20(2)15-22/h3-10,14-15H,11-13H2,1-2H3/q+2. The normalized spacial score (nSPS) is 10.8. The third kappa shape index (κ3) is 4.10. The molecule has 0 amide bonds. The summed E-state index contributed by atoms with van der Waals surface area (Å²) in [4.78, 5) is 12.3. The van der Waals surface area contributed by atoms with E-state index in [1.165, 1.54) is 0 Å². The van der Waals surface area contributed by atoms with Gasteiger partial charge in [0, 0.05) is 5.56 Å². The van der Waals surface area contributed by atoms with E-state index in [-0.39, 0.29) is 5.78 Å². The minimum absolute atomic E-state index is 0.0811. The Kier molecular flexibility index (Phi) is 4.74. The van der Waals surface area contributed by atoms with Crippen LogP contribution in [-0.2, 0) is 27.2 Å². The highest BCUT2D eigenvalue weighted by Gasteiger charge is 2.11. The second-order valence-electron chi connectivity index (χ2n) is 5.86. The van der Waals surface area contributed by atoms with Crippen LogP contribution in [0.5, 0.6) is 5.75 Å². The van der Waals surface area contributed by atoms with Crippen LogP contribution in [0.1, 0.15) is 10.4 Å². The molecule has 24 heavy (non-hydrogen) atoms. The number of rotatable bonds is 7. The lowest BCUT2D eigenvalue weighted by molar-refractivity contribution is -0.671. The first-order valence-corrected chi connectivity index (χ1v) is 7.88. The highest BCUT2D eigenvalue weighted by molar-refractivity contribution is 5.95. The van der Waals surface area contributed by atoms with Gasteiger partial charge in [0.25, 0.3) is 0 Å². The quantitative estimate of drug-likeness (QED) is 0.478. The SMILES string of the molecule is C[n+]1ccn(CCOc2ccc(C(=O)Cn3cc[n+](C)c3)cc2)c1. The number of nitrogens with zero attached hydrogens (tertiary/aromatic N) is 4. The van der Waals surface area contributed by atoms with Crippen molar-refractivity contribution in [3.8, 4) is 5.75 Å².